The molecule has 1 fully saturated rings. The summed E-state index contributed by atoms with van der Waals surface area (Å²) in [6.07, 6.45) is 6.24. The van der Waals surface area contributed by atoms with E-state index in [4.69, 9.17) is 0 Å². The normalized spacial score (nSPS) is 27.7. The molecule has 1 saturated carbocycles. The second kappa shape index (κ2) is 4.65. The second-order valence-corrected chi connectivity index (χ2v) is 6.81. The summed E-state index contributed by atoms with van der Waals surface area (Å²) in [6.45, 7) is 8.66. The molecule has 0 bridgehead atoms. The molecule has 1 aromatic heterocycles. The highest BCUT2D eigenvalue weighted by Gasteiger charge is 2.39. The average molecular weight is 251 g/mol. The number of hydrogen-bond acceptors (Lipinski definition) is 3. The first kappa shape index (κ1) is 13.5. The highest BCUT2D eigenvalue weighted by atomic mass is 16.3. The Morgan fingerprint density at radius 3 is 2.72 bits per heavy atom. The van der Waals surface area contributed by atoms with E-state index in [1.807, 2.05) is 4.68 Å². The molecule has 0 radical (unpaired) electrons. The zero-order valence-corrected chi connectivity index (χ0v) is 12.0. The lowest BCUT2D eigenvalue weighted by molar-refractivity contribution is -0.0403. The minimum Gasteiger partial charge on any atom is -0.389 e. The van der Waals surface area contributed by atoms with Crippen LogP contribution in [0.1, 0.15) is 65.2 Å². The zero-order valence-electron chi connectivity index (χ0n) is 12.0. The van der Waals surface area contributed by atoms with Crippen molar-refractivity contribution in [1.82, 2.24) is 14.8 Å². The first-order chi connectivity index (χ1) is 8.31. The first-order valence-corrected chi connectivity index (χ1v) is 6.92. The van der Waals surface area contributed by atoms with Crippen LogP contribution < -0.4 is 0 Å². The van der Waals surface area contributed by atoms with Gasteiger partial charge in [-0.25, -0.2) is 9.67 Å². The topological polar surface area (TPSA) is 50.9 Å². The predicted molar refractivity (Wildman–Crippen MR) is 71.3 cm³/mol. The van der Waals surface area contributed by atoms with Gasteiger partial charge in [-0.3, -0.25) is 0 Å². The van der Waals surface area contributed by atoms with Gasteiger partial charge in [0.15, 0.2) is 0 Å². The molecule has 0 aromatic carbocycles. The Bertz CT molecular complexity index is 411. The Balaban J connectivity index is 2.14. The van der Waals surface area contributed by atoms with Gasteiger partial charge in [0.2, 0.25) is 0 Å². The molecule has 1 aliphatic carbocycles. The van der Waals surface area contributed by atoms with Crippen molar-refractivity contribution < 1.29 is 5.11 Å². The van der Waals surface area contributed by atoms with Crippen LogP contribution >= 0.6 is 0 Å². The Hall–Kier alpha value is -0.900. The molecule has 102 valence electrons. The van der Waals surface area contributed by atoms with Gasteiger partial charge in [0, 0.05) is 12.5 Å². The molecule has 1 N–H and O–H groups in total. The second-order valence-electron chi connectivity index (χ2n) is 6.81. The monoisotopic (exact) mass is 251 g/mol. The molecule has 4 nitrogen and oxygen atoms in total. The molecule has 1 heterocycles. The quantitative estimate of drug-likeness (QED) is 0.898. The lowest BCUT2D eigenvalue weighted by Crippen LogP contribution is -2.41. The van der Waals surface area contributed by atoms with Crippen molar-refractivity contribution in [3.63, 3.8) is 0 Å². The van der Waals surface area contributed by atoms with Crippen molar-refractivity contribution in [3.05, 3.63) is 12.2 Å². The van der Waals surface area contributed by atoms with E-state index in [9.17, 15) is 5.11 Å². The number of rotatable bonds is 3. The number of hydrogen-bond donors (Lipinski definition) is 1. The van der Waals surface area contributed by atoms with Gasteiger partial charge in [0.1, 0.15) is 12.2 Å². The summed E-state index contributed by atoms with van der Waals surface area (Å²) in [5.74, 6) is 0.908. The fraction of sp³-hybridized carbons (Fsp3) is 0.857. The molecule has 1 atom stereocenters. The van der Waals surface area contributed by atoms with E-state index >= 15 is 0 Å². The molecule has 0 amide bonds. The molecule has 1 aromatic rings. The molecular weight excluding hydrogens is 226 g/mol. The van der Waals surface area contributed by atoms with Crippen LogP contribution in [-0.4, -0.2) is 25.5 Å². The molecule has 2 rings (SSSR count). The van der Waals surface area contributed by atoms with Gasteiger partial charge >= 0.3 is 0 Å². The van der Waals surface area contributed by atoms with Crippen LogP contribution in [0.25, 0.3) is 0 Å². The van der Waals surface area contributed by atoms with Gasteiger partial charge in [-0.1, -0.05) is 20.3 Å². The van der Waals surface area contributed by atoms with Crippen molar-refractivity contribution >= 4 is 0 Å². The SMILES string of the molecule is CC(C)n1ncnc1CC1(O)CCCC(C)(C)C1. The Labute approximate surface area is 109 Å². The standard InChI is InChI=1S/C14H25N3O/c1-11(2)17-12(15-10-16-17)8-14(18)7-5-6-13(3,4)9-14/h10-11,18H,5-9H2,1-4H3. The lowest BCUT2D eigenvalue weighted by Gasteiger charge is -2.41. The molecule has 1 unspecified atom stereocenters. The summed E-state index contributed by atoms with van der Waals surface area (Å²) in [6, 6.07) is 0.294. The van der Waals surface area contributed by atoms with E-state index in [-0.39, 0.29) is 5.41 Å². The molecule has 0 aliphatic heterocycles. The third kappa shape index (κ3) is 2.91. The van der Waals surface area contributed by atoms with Crippen molar-refractivity contribution in [2.75, 3.05) is 0 Å². The number of nitrogens with zero attached hydrogens (tertiary/aromatic N) is 3. The Kier molecular flexibility index (Phi) is 3.49. The zero-order chi connectivity index (χ0) is 13.4. The highest BCUT2D eigenvalue weighted by Crippen LogP contribution is 2.42. The molecule has 0 spiro atoms. The fourth-order valence-corrected chi connectivity index (χ4v) is 3.24. The van der Waals surface area contributed by atoms with Crippen molar-refractivity contribution in [2.45, 2.75) is 71.4 Å². The van der Waals surface area contributed by atoms with Gasteiger partial charge < -0.3 is 5.11 Å². The van der Waals surface area contributed by atoms with E-state index in [0.29, 0.717) is 12.5 Å². The summed E-state index contributed by atoms with van der Waals surface area (Å²) < 4.78 is 1.92. The van der Waals surface area contributed by atoms with Crippen LogP contribution in [0.4, 0.5) is 0 Å². The smallest absolute Gasteiger partial charge is 0.138 e. The lowest BCUT2D eigenvalue weighted by atomic mass is 9.68. The van der Waals surface area contributed by atoms with Crippen LogP contribution in [0.5, 0.6) is 0 Å². The van der Waals surface area contributed by atoms with Crippen LogP contribution in [-0.2, 0) is 6.42 Å². The van der Waals surface area contributed by atoms with Crippen LogP contribution in [0, 0.1) is 5.41 Å². The van der Waals surface area contributed by atoms with Gasteiger partial charge in [-0.2, -0.15) is 5.10 Å². The Morgan fingerprint density at radius 1 is 1.39 bits per heavy atom. The molecule has 0 saturated heterocycles. The molecule has 4 heteroatoms. The summed E-state index contributed by atoms with van der Waals surface area (Å²) >= 11 is 0. The number of aliphatic hydroxyl groups is 1. The minimum atomic E-state index is -0.610. The highest BCUT2D eigenvalue weighted by molar-refractivity contribution is 5.00. The van der Waals surface area contributed by atoms with Crippen molar-refractivity contribution in [2.24, 2.45) is 5.41 Å². The maximum atomic E-state index is 10.8. The van der Waals surface area contributed by atoms with E-state index in [1.165, 1.54) is 6.42 Å². The van der Waals surface area contributed by atoms with Crippen LogP contribution in [0.3, 0.4) is 0 Å². The summed E-state index contributed by atoms with van der Waals surface area (Å²) in [5.41, 5.74) is -0.378. The van der Waals surface area contributed by atoms with Gasteiger partial charge in [-0.15, -0.1) is 0 Å². The summed E-state index contributed by atoms with van der Waals surface area (Å²) in [4.78, 5) is 4.32. The Morgan fingerprint density at radius 2 is 2.11 bits per heavy atom. The van der Waals surface area contributed by atoms with E-state index in [1.54, 1.807) is 6.33 Å². The fourth-order valence-electron chi connectivity index (χ4n) is 3.24. The van der Waals surface area contributed by atoms with E-state index in [0.717, 1.165) is 25.1 Å². The third-order valence-electron chi connectivity index (χ3n) is 3.93. The maximum absolute atomic E-state index is 10.8. The van der Waals surface area contributed by atoms with Crippen molar-refractivity contribution in [1.29, 1.82) is 0 Å². The maximum Gasteiger partial charge on any atom is 0.138 e. The van der Waals surface area contributed by atoms with Crippen molar-refractivity contribution in [3.8, 4) is 0 Å². The third-order valence-corrected chi connectivity index (χ3v) is 3.93. The predicted octanol–water partition coefficient (Wildman–Crippen LogP) is 2.73. The van der Waals surface area contributed by atoms with Gasteiger partial charge in [0.05, 0.1) is 5.60 Å². The molecular formula is C14H25N3O. The summed E-state index contributed by atoms with van der Waals surface area (Å²) in [5, 5.41) is 15.0. The van der Waals surface area contributed by atoms with Gasteiger partial charge in [0.25, 0.3) is 0 Å². The van der Waals surface area contributed by atoms with Gasteiger partial charge in [-0.05, 0) is 38.5 Å². The largest absolute Gasteiger partial charge is 0.389 e. The van der Waals surface area contributed by atoms with E-state index < -0.39 is 5.60 Å². The minimum absolute atomic E-state index is 0.232. The van der Waals surface area contributed by atoms with E-state index in [2.05, 4.69) is 37.8 Å². The molecule has 1 aliphatic rings. The summed E-state index contributed by atoms with van der Waals surface area (Å²) in [7, 11) is 0. The first-order valence-electron chi connectivity index (χ1n) is 6.92. The van der Waals surface area contributed by atoms with Crippen LogP contribution in [0.15, 0.2) is 6.33 Å². The number of aromatic nitrogens is 3. The van der Waals surface area contributed by atoms with Crippen LogP contribution in [0.2, 0.25) is 0 Å². The molecule has 18 heavy (non-hydrogen) atoms. The average Bonchev–Trinajstić information content (AvgIpc) is 2.62.